The Balaban J connectivity index is 1.69. The van der Waals surface area contributed by atoms with Crippen molar-refractivity contribution in [2.24, 2.45) is 0 Å². The fourth-order valence-corrected chi connectivity index (χ4v) is 2.63. The van der Waals surface area contributed by atoms with Gasteiger partial charge in [0.25, 0.3) is 0 Å². The number of carbonyl (C=O) groups excluding carboxylic acids is 1. The molecule has 0 atom stereocenters. The Labute approximate surface area is 158 Å². The molecule has 0 aliphatic carbocycles. The van der Waals surface area contributed by atoms with Gasteiger partial charge in [0.05, 0.1) is 30.1 Å². The zero-order valence-electron chi connectivity index (χ0n) is 13.8. The standard InChI is InChI=1S/C19H13ClF3N3O/c20-15-6-1-3-12(7-15)8-18(27)26-17-11-24-16(10-25-17)13-4-2-5-14(9-13)19(21,22)23/h1-7,9-11H,8H2,(H,25,26,27). The number of halogens is 4. The molecule has 1 aromatic heterocycles. The molecule has 1 amide bonds. The first-order valence-electron chi connectivity index (χ1n) is 7.85. The quantitative estimate of drug-likeness (QED) is 0.681. The first-order chi connectivity index (χ1) is 12.8. The number of alkyl halides is 3. The smallest absolute Gasteiger partial charge is 0.309 e. The molecule has 138 valence electrons. The highest BCUT2D eigenvalue weighted by Crippen LogP contribution is 2.31. The number of anilines is 1. The van der Waals surface area contributed by atoms with Crippen molar-refractivity contribution >= 4 is 23.3 Å². The van der Waals surface area contributed by atoms with Crippen LogP contribution in [0.3, 0.4) is 0 Å². The van der Waals surface area contributed by atoms with Crippen molar-refractivity contribution in [3.63, 3.8) is 0 Å². The number of benzene rings is 2. The van der Waals surface area contributed by atoms with Crippen LogP contribution in [0.15, 0.2) is 60.9 Å². The Bertz CT molecular complexity index is 959. The second-order valence-electron chi connectivity index (χ2n) is 5.72. The molecule has 0 radical (unpaired) electrons. The summed E-state index contributed by atoms with van der Waals surface area (Å²) in [6.45, 7) is 0. The van der Waals surface area contributed by atoms with Crippen molar-refractivity contribution in [1.82, 2.24) is 9.97 Å². The molecule has 0 saturated heterocycles. The minimum Gasteiger partial charge on any atom is -0.309 e. The predicted molar refractivity (Wildman–Crippen MR) is 96.3 cm³/mol. The third kappa shape index (κ3) is 5.04. The molecule has 0 aliphatic rings. The minimum atomic E-state index is -4.43. The highest BCUT2D eigenvalue weighted by Gasteiger charge is 2.30. The second kappa shape index (κ2) is 7.75. The van der Waals surface area contributed by atoms with Gasteiger partial charge < -0.3 is 5.32 Å². The van der Waals surface area contributed by atoms with Crippen LogP contribution in [0.5, 0.6) is 0 Å². The molecule has 0 unspecified atom stereocenters. The monoisotopic (exact) mass is 391 g/mol. The van der Waals surface area contributed by atoms with Crippen molar-refractivity contribution in [3.8, 4) is 11.3 Å². The zero-order valence-corrected chi connectivity index (χ0v) is 14.6. The molecule has 4 nitrogen and oxygen atoms in total. The summed E-state index contributed by atoms with van der Waals surface area (Å²) in [5, 5.41) is 3.12. The van der Waals surface area contributed by atoms with E-state index in [0.29, 0.717) is 5.02 Å². The maximum atomic E-state index is 12.8. The topological polar surface area (TPSA) is 54.9 Å². The van der Waals surface area contributed by atoms with Crippen LogP contribution in [-0.4, -0.2) is 15.9 Å². The van der Waals surface area contributed by atoms with E-state index in [1.54, 1.807) is 24.3 Å². The first-order valence-corrected chi connectivity index (χ1v) is 8.23. The van der Waals surface area contributed by atoms with Crippen molar-refractivity contribution in [2.45, 2.75) is 12.6 Å². The molecular weight excluding hydrogens is 379 g/mol. The summed E-state index contributed by atoms with van der Waals surface area (Å²) in [6, 6.07) is 11.7. The van der Waals surface area contributed by atoms with Crippen molar-refractivity contribution in [1.29, 1.82) is 0 Å². The molecule has 0 spiro atoms. The van der Waals surface area contributed by atoms with Gasteiger partial charge in [0.1, 0.15) is 0 Å². The van der Waals surface area contributed by atoms with Crippen LogP contribution in [0, 0.1) is 0 Å². The van der Waals surface area contributed by atoms with Gasteiger partial charge in [0, 0.05) is 10.6 Å². The molecule has 0 aliphatic heterocycles. The van der Waals surface area contributed by atoms with Crippen LogP contribution >= 0.6 is 11.6 Å². The van der Waals surface area contributed by atoms with Gasteiger partial charge in [-0.25, -0.2) is 4.98 Å². The number of hydrogen-bond acceptors (Lipinski definition) is 3. The summed E-state index contributed by atoms with van der Waals surface area (Å²) in [5.41, 5.74) is 0.539. The lowest BCUT2D eigenvalue weighted by Gasteiger charge is -2.09. The molecule has 1 heterocycles. The summed E-state index contributed by atoms with van der Waals surface area (Å²) >= 11 is 5.88. The summed E-state index contributed by atoms with van der Waals surface area (Å²) in [4.78, 5) is 20.2. The Hall–Kier alpha value is -2.93. The lowest BCUT2D eigenvalue weighted by atomic mass is 10.1. The van der Waals surface area contributed by atoms with Crippen molar-refractivity contribution < 1.29 is 18.0 Å². The lowest BCUT2D eigenvalue weighted by molar-refractivity contribution is -0.137. The maximum Gasteiger partial charge on any atom is 0.416 e. The number of hydrogen-bond donors (Lipinski definition) is 1. The number of carbonyl (C=O) groups is 1. The van der Waals surface area contributed by atoms with E-state index >= 15 is 0 Å². The van der Waals surface area contributed by atoms with E-state index in [9.17, 15) is 18.0 Å². The first kappa shape index (κ1) is 18.8. The van der Waals surface area contributed by atoms with E-state index < -0.39 is 11.7 Å². The normalized spacial score (nSPS) is 11.3. The maximum absolute atomic E-state index is 12.8. The van der Waals surface area contributed by atoms with E-state index in [0.717, 1.165) is 17.7 Å². The van der Waals surface area contributed by atoms with Crippen LogP contribution < -0.4 is 5.32 Å². The Morgan fingerprint density at radius 2 is 1.81 bits per heavy atom. The fraction of sp³-hybridized carbons (Fsp3) is 0.105. The highest BCUT2D eigenvalue weighted by atomic mass is 35.5. The molecule has 0 bridgehead atoms. The Morgan fingerprint density at radius 1 is 1.04 bits per heavy atom. The molecule has 0 saturated carbocycles. The van der Waals surface area contributed by atoms with Gasteiger partial charge in [-0.05, 0) is 29.8 Å². The van der Waals surface area contributed by atoms with Gasteiger partial charge in [-0.1, -0.05) is 35.9 Å². The van der Waals surface area contributed by atoms with Gasteiger partial charge in [-0.2, -0.15) is 13.2 Å². The zero-order chi connectivity index (χ0) is 19.4. The molecule has 3 aromatic rings. The third-order valence-electron chi connectivity index (χ3n) is 3.66. The molecular formula is C19H13ClF3N3O. The van der Waals surface area contributed by atoms with Crippen LogP contribution in [0.4, 0.5) is 19.0 Å². The largest absolute Gasteiger partial charge is 0.416 e. The highest BCUT2D eigenvalue weighted by molar-refractivity contribution is 6.30. The van der Waals surface area contributed by atoms with E-state index in [1.165, 1.54) is 24.5 Å². The van der Waals surface area contributed by atoms with E-state index in [4.69, 9.17) is 11.6 Å². The number of rotatable bonds is 4. The molecule has 3 rings (SSSR count). The van der Waals surface area contributed by atoms with Gasteiger partial charge in [-0.15, -0.1) is 0 Å². The molecule has 1 N–H and O–H groups in total. The number of nitrogens with one attached hydrogen (secondary N) is 1. The molecule has 2 aromatic carbocycles. The second-order valence-corrected chi connectivity index (χ2v) is 6.16. The van der Waals surface area contributed by atoms with Crippen LogP contribution in [-0.2, 0) is 17.4 Å². The van der Waals surface area contributed by atoms with Gasteiger partial charge in [-0.3, -0.25) is 9.78 Å². The molecule has 27 heavy (non-hydrogen) atoms. The summed E-state index contributed by atoms with van der Waals surface area (Å²) < 4.78 is 38.4. The third-order valence-corrected chi connectivity index (χ3v) is 3.89. The lowest BCUT2D eigenvalue weighted by Crippen LogP contribution is -2.15. The molecule has 0 fully saturated rings. The van der Waals surface area contributed by atoms with Gasteiger partial charge >= 0.3 is 6.18 Å². The SMILES string of the molecule is O=C(Cc1cccc(Cl)c1)Nc1cnc(-c2cccc(C(F)(F)F)c2)cn1. The van der Waals surface area contributed by atoms with E-state index in [-0.39, 0.29) is 29.4 Å². The van der Waals surface area contributed by atoms with E-state index in [1.807, 2.05) is 0 Å². The number of nitrogens with zero attached hydrogens (tertiary/aromatic N) is 2. The minimum absolute atomic E-state index is 0.109. The fourth-order valence-electron chi connectivity index (χ4n) is 2.42. The van der Waals surface area contributed by atoms with Crippen LogP contribution in [0.1, 0.15) is 11.1 Å². The number of amides is 1. The average Bonchev–Trinajstić information content (AvgIpc) is 2.62. The predicted octanol–water partition coefficient (Wildman–Crippen LogP) is 5.00. The number of aromatic nitrogens is 2. The summed E-state index contributed by atoms with van der Waals surface area (Å²) in [6.07, 6.45) is -1.72. The van der Waals surface area contributed by atoms with Crippen molar-refractivity contribution in [3.05, 3.63) is 77.1 Å². The average molecular weight is 392 g/mol. The summed E-state index contributed by atoms with van der Waals surface area (Å²) in [5.74, 6) is -0.101. The Kier molecular flexibility index (Phi) is 5.41. The molecule has 8 heteroatoms. The van der Waals surface area contributed by atoms with Gasteiger partial charge in [0.15, 0.2) is 5.82 Å². The summed E-state index contributed by atoms with van der Waals surface area (Å²) in [7, 11) is 0. The van der Waals surface area contributed by atoms with Crippen molar-refractivity contribution in [2.75, 3.05) is 5.32 Å². The van der Waals surface area contributed by atoms with Crippen LogP contribution in [0.25, 0.3) is 11.3 Å². The van der Waals surface area contributed by atoms with Crippen LogP contribution in [0.2, 0.25) is 5.02 Å². The van der Waals surface area contributed by atoms with E-state index in [2.05, 4.69) is 15.3 Å². The van der Waals surface area contributed by atoms with Gasteiger partial charge in [0.2, 0.25) is 5.91 Å². The Morgan fingerprint density at radius 3 is 2.48 bits per heavy atom.